The molecule has 0 spiro atoms. The Labute approximate surface area is 105 Å². The Kier molecular flexibility index (Phi) is 5.92. The molecule has 0 unspecified atom stereocenters. The zero-order valence-corrected chi connectivity index (χ0v) is 15.6. The van der Waals surface area contributed by atoms with Crippen molar-refractivity contribution < 1.29 is 34.0 Å². The Morgan fingerprint density at radius 2 is 1.88 bits per heavy atom. The molecule has 0 atom stereocenters. The molecule has 0 aliphatic carbocycles. The molecule has 0 heterocycles. The van der Waals surface area contributed by atoms with Gasteiger partial charge in [0.15, 0.2) is 0 Å². The maximum absolute atomic E-state index is 10.6. The maximum atomic E-state index is 10.6. The molecule has 0 aliphatic heterocycles. The van der Waals surface area contributed by atoms with E-state index in [9.17, 15) is 4.79 Å². The van der Waals surface area contributed by atoms with Gasteiger partial charge in [0.05, 0.1) is 0 Å². The van der Waals surface area contributed by atoms with Gasteiger partial charge in [-0.1, -0.05) is 0 Å². The van der Waals surface area contributed by atoms with Crippen LogP contribution < -0.4 is 0 Å². The van der Waals surface area contributed by atoms with E-state index in [0.29, 0.717) is 0 Å². The monoisotopic (exact) mass is 639 g/mol. The van der Waals surface area contributed by atoms with Gasteiger partial charge in [-0.3, -0.25) is 0 Å². The van der Waals surface area contributed by atoms with Crippen molar-refractivity contribution in [2.24, 2.45) is 0 Å². The zero-order chi connectivity index (χ0) is 6.78. The molecule has 0 aromatic rings. The van der Waals surface area contributed by atoms with E-state index in [0.717, 1.165) is 0 Å². The second kappa shape index (κ2) is 4.47. The quantitative estimate of drug-likeness (QED) is 0.250. The number of alkyl halides is 3. The number of hydrogen-bond donors (Lipinski definition) is 0. The molecule has 0 bridgehead atoms. The van der Waals surface area contributed by atoms with Crippen molar-refractivity contribution in [1.29, 1.82) is 0 Å². The molecule has 0 amide bonds. The van der Waals surface area contributed by atoms with Crippen LogP contribution in [-0.4, -0.2) is 5.40 Å². The fourth-order valence-corrected chi connectivity index (χ4v) is 4.82. The molecule has 43 valence electrons. The molecular weight excluding hydrogens is 637 g/mol. The van der Waals surface area contributed by atoms with Gasteiger partial charge in [-0.15, -0.1) is 0 Å². The minimum atomic E-state index is -0.394. The van der Waals surface area contributed by atoms with Gasteiger partial charge < -0.3 is 0 Å². The molecule has 0 N–H and O–H groups in total. The van der Waals surface area contributed by atoms with E-state index < -0.39 is -0.565 Å². The predicted molar refractivity (Wildman–Crippen MR) is 50.9 cm³/mol. The van der Waals surface area contributed by atoms with E-state index in [1.165, 1.54) is 0 Å². The predicted octanol–water partition coefficient (Wildman–Crippen LogP) is 1.95. The first-order valence-corrected chi connectivity index (χ1v) is 6.99. The second-order valence-corrected chi connectivity index (χ2v) is 13.1. The summed E-state index contributed by atoms with van der Waals surface area (Å²) in [5.74, 6) is -0.123. The summed E-state index contributed by atoms with van der Waals surface area (Å²) in [6, 6.07) is 0. The fourth-order valence-electron chi connectivity index (χ4n) is 0.0818. The number of halogens is 3. The SMILES string of the molecule is O=C([O][Hg])C(I)(I)I. The Bertz CT molecular complexity index is 97.9. The molecule has 0 aromatic heterocycles. The van der Waals surface area contributed by atoms with Crippen LogP contribution in [0, 0.1) is 0 Å². The van der Waals surface area contributed by atoms with E-state index in [1.54, 1.807) is 0 Å². The molecular formula is C2HgI3O2. The average molecular weight is 637 g/mol. The van der Waals surface area contributed by atoms with E-state index in [1.807, 2.05) is 67.8 Å². The van der Waals surface area contributed by atoms with Crippen molar-refractivity contribution in [3.8, 4) is 0 Å². The molecule has 0 saturated heterocycles. The number of carbonyl (C=O) groups is 1. The standard InChI is InChI=1S/C2HI3O2.Hg/c3-2(4,5)1(6)7;/h(H,6,7);/q;+1/p-1. The van der Waals surface area contributed by atoms with Crippen molar-refractivity contribution in [3.63, 3.8) is 0 Å². The third kappa shape index (κ3) is 4.42. The average Bonchev–Trinajstić information content (AvgIpc) is 1.62. The summed E-state index contributed by atoms with van der Waals surface area (Å²) < 4.78 is 4.25. The number of hydrogen-bond acceptors (Lipinski definition) is 2. The van der Waals surface area contributed by atoms with Gasteiger partial charge in [-0.25, -0.2) is 0 Å². The molecule has 0 aliphatic rings. The van der Waals surface area contributed by atoms with Gasteiger partial charge in [0.25, 0.3) is 0 Å². The zero-order valence-electron chi connectivity index (χ0n) is 3.66. The summed E-state index contributed by atoms with van der Waals surface area (Å²) in [4.78, 5) is 10.6. The van der Waals surface area contributed by atoms with Gasteiger partial charge in [-0.05, 0) is 0 Å². The molecule has 8 heavy (non-hydrogen) atoms. The first-order chi connectivity index (χ1) is 3.48. The van der Waals surface area contributed by atoms with E-state index in [4.69, 9.17) is 0 Å². The minimum absolute atomic E-state index is 0.123. The van der Waals surface area contributed by atoms with Gasteiger partial charge in [0.1, 0.15) is 0 Å². The molecule has 0 radical (unpaired) electrons. The van der Waals surface area contributed by atoms with E-state index in [2.05, 4.69) is 2.64 Å². The van der Waals surface area contributed by atoms with Crippen LogP contribution in [0.2, 0.25) is 0 Å². The molecule has 2 nitrogen and oxygen atoms in total. The summed E-state index contributed by atoms with van der Waals surface area (Å²) in [6.45, 7) is 0. The first-order valence-electron chi connectivity index (χ1n) is 1.51. The van der Waals surface area contributed by atoms with Crippen LogP contribution >= 0.6 is 67.8 Å². The second-order valence-electron chi connectivity index (χ2n) is 0.930. The van der Waals surface area contributed by atoms with Gasteiger partial charge in [0, 0.05) is 0 Å². The van der Waals surface area contributed by atoms with Gasteiger partial charge in [0.2, 0.25) is 0 Å². The van der Waals surface area contributed by atoms with Crippen molar-refractivity contribution in [2.45, 2.75) is -0.565 Å². The number of carbonyl (C=O) groups excluding carboxylic acids is 1. The molecule has 0 fully saturated rings. The Morgan fingerprint density at radius 1 is 1.50 bits per heavy atom. The van der Waals surface area contributed by atoms with Crippen LogP contribution in [-0.2, 0) is 34.0 Å². The summed E-state index contributed by atoms with van der Waals surface area (Å²) in [6.07, 6.45) is 0. The Balaban J connectivity index is 3.82. The molecule has 0 aromatic carbocycles. The molecule has 0 rings (SSSR count). The third-order valence-corrected chi connectivity index (χ3v) is 2.70. The Morgan fingerprint density at radius 3 is 1.88 bits per heavy atom. The summed E-state index contributed by atoms with van der Waals surface area (Å²) >= 11 is 6.23. The normalized spacial score (nSPS) is 11.1. The van der Waals surface area contributed by atoms with Crippen LogP contribution in [0.4, 0.5) is 0 Å². The van der Waals surface area contributed by atoms with E-state index >= 15 is 0 Å². The van der Waals surface area contributed by atoms with Gasteiger partial charge >= 0.3 is 107 Å². The van der Waals surface area contributed by atoms with Crippen LogP contribution in [0.1, 0.15) is 0 Å². The van der Waals surface area contributed by atoms with Crippen molar-refractivity contribution >= 4 is 73.7 Å². The van der Waals surface area contributed by atoms with Crippen LogP contribution in [0.5, 0.6) is 0 Å². The fraction of sp³-hybridized carbons (Fsp3) is 0.500. The summed E-state index contributed by atoms with van der Waals surface area (Å²) in [5.41, 5.74) is 0. The van der Waals surface area contributed by atoms with Gasteiger partial charge in [-0.2, -0.15) is 0 Å². The van der Waals surface area contributed by atoms with Crippen molar-refractivity contribution in [2.75, 3.05) is 0 Å². The van der Waals surface area contributed by atoms with Crippen LogP contribution in [0.15, 0.2) is 0 Å². The summed E-state index contributed by atoms with van der Waals surface area (Å²) in [7, 11) is 0. The van der Waals surface area contributed by atoms with Crippen LogP contribution in [0.3, 0.4) is 0 Å². The third-order valence-electron chi connectivity index (χ3n) is 0.363. The van der Waals surface area contributed by atoms with Crippen molar-refractivity contribution in [3.05, 3.63) is 0 Å². The Hall–Kier alpha value is 2.60. The van der Waals surface area contributed by atoms with Crippen molar-refractivity contribution in [1.82, 2.24) is 0 Å². The van der Waals surface area contributed by atoms with E-state index in [-0.39, 0.29) is 32.5 Å². The number of rotatable bonds is 1. The molecule has 0 saturated carbocycles. The summed E-state index contributed by atoms with van der Waals surface area (Å²) in [5, 5.41) is 0. The molecule has 6 heteroatoms. The van der Waals surface area contributed by atoms with Crippen LogP contribution in [0.25, 0.3) is 0 Å². The first kappa shape index (κ1) is 10.6. The topological polar surface area (TPSA) is 26.3 Å².